The van der Waals surface area contributed by atoms with Gasteiger partial charge in [0.15, 0.2) is 5.13 Å². The summed E-state index contributed by atoms with van der Waals surface area (Å²) in [6.07, 6.45) is -6.88. The summed E-state index contributed by atoms with van der Waals surface area (Å²) in [5, 5.41) is 15.0. The van der Waals surface area contributed by atoms with Gasteiger partial charge in [-0.2, -0.15) is 0 Å². The number of hydrogen-bond acceptors (Lipinski definition) is 5. The molecule has 3 aromatic rings. The summed E-state index contributed by atoms with van der Waals surface area (Å²) in [4.78, 5) is 16.4. The first-order valence-electron chi connectivity index (χ1n) is 14.3. The molecule has 0 saturated carbocycles. The molecule has 0 unspecified atom stereocenters. The van der Waals surface area contributed by atoms with Crippen LogP contribution >= 0.6 is 11.3 Å². The van der Waals surface area contributed by atoms with Crippen molar-refractivity contribution < 1.29 is 25.0 Å². The summed E-state index contributed by atoms with van der Waals surface area (Å²) in [6.45, 7) is 1.35. The highest BCUT2D eigenvalue weighted by molar-refractivity contribution is 7.13. The molecule has 6 heteroatoms. The maximum Gasteiger partial charge on any atom is 0.230 e. The fourth-order valence-corrected chi connectivity index (χ4v) is 2.93. The molecule has 1 atom stereocenters. The Balaban J connectivity index is 1.82. The summed E-state index contributed by atoms with van der Waals surface area (Å²) < 4.78 is 90.2. The number of aromatic nitrogens is 1. The van der Waals surface area contributed by atoms with Gasteiger partial charge in [0, 0.05) is 13.8 Å². The standard InChI is InChI=1S/C23H27N3O2S/c1-16-5-4-7-18(13-16)21(27)8-3-2-6-17-9-11-19(12-10-17)25-22(28)14-20-15-29-23(24)26-20/h4-5,7,9-13,15,21,27H,2-3,6,8,14H2,1H3,(H2,24,26)(H,25,28)/t21-/m0/s1/i2D2,4D,5D,7D,9D,10D,11D,12D,13D,21D. The van der Waals surface area contributed by atoms with Crippen LogP contribution in [0.25, 0.3) is 0 Å². The topological polar surface area (TPSA) is 88.2 Å². The molecule has 0 aliphatic heterocycles. The second-order valence-electron chi connectivity index (χ2n) is 6.13. The van der Waals surface area contributed by atoms with Gasteiger partial charge >= 0.3 is 0 Å². The van der Waals surface area contributed by atoms with E-state index in [-0.39, 0.29) is 34.4 Å². The van der Waals surface area contributed by atoms with Crippen LogP contribution in [0.1, 0.15) is 62.8 Å². The van der Waals surface area contributed by atoms with Gasteiger partial charge in [-0.25, -0.2) is 4.98 Å². The summed E-state index contributed by atoms with van der Waals surface area (Å²) >= 11 is 1.13. The predicted octanol–water partition coefficient (Wildman–Crippen LogP) is 4.66. The van der Waals surface area contributed by atoms with E-state index in [1.54, 1.807) is 5.38 Å². The number of nitrogen functional groups attached to an aromatic ring is 1. The van der Waals surface area contributed by atoms with Crippen LogP contribution in [0.3, 0.4) is 0 Å². The van der Waals surface area contributed by atoms with Gasteiger partial charge in [0.05, 0.1) is 30.5 Å². The Morgan fingerprint density at radius 3 is 2.90 bits per heavy atom. The van der Waals surface area contributed by atoms with Crippen molar-refractivity contribution in [3.63, 3.8) is 0 Å². The molecule has 152 valence electrons. The minimum Gasteiger partial charge on any atom is -0.388 e. The molecule has 0 aliphatic rings. The van der Waals surface area contributed by atoms with E-state index in [0.717, 1.165) is 11.3 Å². The molecule has 5 nitrogen and oxygen atoms in total. The number of carbonyl (C=O) groups excluding carboxylic acids is 1. The number of amides is 1. The number of aliphatic hydroxyl groups is 1. The number of benzene rings is 2. The van der Waals surface area contributed by atoms with Crippen LogP contribution in [-0.4, -0.2) is 16.0 Å². The van der Waals surface area contributed by atoms with Crippen LogP contribution in [0, 0.1) is 6.92 Å². The largest absolute Gasteiger partial charge is 0.388 e. The first kappa shape index (κ1) is 10.9. The molecule has 0 bridgehead atoms. The molecule has 1 amide bonds. The normalized spacial score (nSPS) is 18.9. The molecule has 4 N–H and O–H groups in total. The number of rotatable bonds is 9. The number of carbonyl (C=O) groups is 1. The van der Waals surface area contributed by atoms with Gasteiger partial charge in [0.2, 0.25) is 5.91 Å². The second-order valence-corrected chi connectivity index (χ2v) is 7.02. The monoisotopic (exact) mass is 420 g/mol. The van der Waals surface area contributed by atoms with Crippen molar-refractivity contribution in [3.05, 3.63) is 76.1 Å². The molecule has 1 aromatic heterocycles. The van der Waals surface area contributed by atoms with Crippen molar-refractivity contribution in [2.75, 3.05) is 11.1 Å². The molecule has 0 fully saturated rings. The van der Waals surface area contributed by atoms with Crippen molar-refractivity contribution in [1.29, 1.82) is 0 Å². The van der Waals surface area contributed by atoms with E-state index in [9.17, 15) is 9.90 Å². The molecule has 0 aliphatic carbocycles. The Morgan fingerprint density at radius 2 is 2.17 bits per heavy atom. The van der Waals surface area contributed by atoms with E-state index < -0.39 is 85.5 Å². The van der Waals surface area contributed by atoms with Crippen LogP contribution in [0.4, 0.5) is 10.8 Å². The Hall–Kier alpha value is -2.70. The minimum absolute atomic E-state index is 0.00349. The van der Waals surface area contributed by atoms with Crippen LogP contribution in [0.5, 0.6) is 0 Å². The highest BCUT2D eigenvalue weighted by Crippen LogP contribution is 2.21. The number of nitrogens with zero attached hydrogens (tertiary/aromatic N) is 1. The van der Waals surface area contributed by atoms with Crippen molar-refractivity contribution in [2.45, 2.75) is 45.1 Å². The Labute approximate surface area is 191 Å². The highest BCUT2D eigenvalue weighted by atomic mass is 32.1. The Kier molecular flexibility index (Phi) is 3.83. The van der Waals surface area contributed by atoms with Gasteiger partial charge in [-0.3, -0.25) is 4.79 Å². The van der Waals surface area contributed by atoms with E-state index in [0.29, 0.717) is 5.69 Å². The third-order valence-corrected chi connectivity index (χ3v) is 4.45. The molecular weight excluding hydrogens is 382 g/mol. The number of hydrogen-bond donors (Lipinski definition) is 3. The number of nitrogens with one attached hydrogen (secondary N) is 1. The number of nitrogens with two attached hydrogens (primary N) is 1. The Bertz CT molecular complexity index is 1420. The minimum atomic E-state index is -2.64. The first-order valence-corrected chi connectivity index (χ1v) is 9.64. The van der Waals surface area contributed by atoms with E-state index in [1.165, 1.54) is 6.92 Å². The highest BCUT2D eigenvalue weighted by Gasteiger charge is 2.08. The third-order valence-electron chi connectivity index (χ3n) is 3.73. The lowest BCUT2D eigenvalue weighted by Crippen LogP contribution is -2.14. The molecule has 2 aromatic carbocycles. The van der Waals surface area contributed by atoms with E-state index in [1.807, 2.05) is 0 Å². The van der Waals surface area contributed by atoms with Gasteiger partial charge < -0.3 is 16.2 Å². The van der Waals surface area contributed by atoms with Crippen molar-refractivity contribution in [2.24, 2.45) is 0 Å². The number of thiazole rings is 1. The molecule has 3 rings (SSSR count). The smallest absolute Gasteiger partial charge is 0.230 e. The zero-order valence-corrected chi connectivity index (χ0v) is 16.5. The average molecular weight is 421 g/mol. The molecule has 29 heavy (non-hydrogen) atoms. The first-order chi connectivity index (χ1) is 18.4. The number of anilines is 2. The Morgan fingerprint density at radius 1 is 1.38 bits per heavy atom. The summed E-state index contributed by atoms with van der Waals surface area (Å²) in [5.41, 5.74) is 4.74. The van der Waals surface area contributed by atoms with Gasteiger partial charge in [-0.1, -0.05) is 48.2 Å². The predicted molar refractivity (Wildman–Crippen MR) is 119 cm³/mol. The van der Waals surface area contributed by atoms with Crippen LogP contribution in [0.2, 0.25) is 0 Å². The SMILES string of the molecule is [2H]c1c([2H])c(C)c([2H])c([C@@]([2H])(O)CCC([2H])([2H])Cc2c([2H])c([2H])c(NC(=O)Cc3csc(N)n3)c([2H])c2[2H])c1[2H]. The van der Waals surface area contributed by atoms with Crippen molar-refractivity contribution >= 4 is 28.1 Å². The average Bonchev–Trinajstić information content (AvgIpc) is 3.28. The van der Waals surface area contributed by atoms with E-state index >= 15 is 0 Å². The molecule has 0 spiro atoms. The maximum atomic E-state index is 12.4. The quantitative estimate of drug-likeness (QED) is 0.470. The van der Waals surface area contributed by atoms with Crippen molar-refractivity contribution in [3.8, 4) is 0 Å². The molecule has 0 saturated heterocycles. The lowest BCUT2D eigenvalue weighted by molar-refractivity contribution is -0.115. The van der Waals surface area contributed by atoms with Crippen LogP contribution in [-0.2, 0) is 17.6 Å². The fraction of sp³-hybridized carbons (Fsp3) is 0.304. The summed E-state index contributed by atoms with van der Waals surface area (Å²) in [5.74, 6) is -0.643. The van der Waals surface area contributed by atoms with Crippen LogP contribution in [0.15, 0.2) is 53.7 Å². The molecule has 0 radical (unpaired) electrons. The van der Waals surface area contributed by atoms with Gasteiger partial charge in [0.25, 0.3) is 0 Å². The third kappa shape index (κ3) is 6.69. The van der Waals surface area contributed by atoms with E-state index in [4.69, 9.17) is 20.8 Å². The van der Waals surface area contributed by atoms with Crippen molar-refractivity contribution in [1.82, 2.24) is 4.98 Å². The van der Waals surface area contributed by atoms with Gasteiger partial charge in [-0.05, 0) is 49.4 Å². The zero-order valence-electron chi connectivity index (χ0n) is 26.7. The van der Waals surface area contributed by atoms with Gasteiger partial charge in [-0.15, -0.1) is 11.3 Å². The lowest BCUT2D eigenvalue weighted by Gasteiger charge is -2.11. The molecular formula is C23H27N3O2S. The fourth-order valence-electron chi connectivity index (χ4n) is 2.37. The maximum absolute atomic E-state index is 12.4. The summed E-state index contributed by atoms with van der Waals surface area (Å²) in [7, 11) is 0. The zero-order chi connectivity index (χ0) is 30.3. The molecule has 1 heterocycles. The van der Waals surface area contributed by atoms with Crippen LogP contribution < -0.4 is 11.1 Å². The summed E-state index contributed by atoms with van der Waals surface area (Å²) in [6, 6.07) is -4.37. The lowest BCUT2D eigenvalue weighted by atomic mass is 10.00. The van der Waals surface area contributed by atoms with E-state index in [2.05, 4.69) is 10.3 Å². The van der Waals surface area contributed by atoms with Gasteiger partial charge in [0.1, 0.15) is 0 Å². The second kappa shape index (κ2) is 10.2.